The molecule has 0 aliphatic carbocycles. The summed E-state index contributed by atoms with van der Waals surface area (Å²) in [5.41, 5.74) is 1.05. The smallest absolute Gasteiger partial charge is 0.264 e. The number of nitrogens with one attached hydrogen (secondary N) is 1. The van der Waals surface area contributed by atoms with Gasteiger partial charge in [-0.05, 0) is 80.1 Å². The minimum atomic E-state index is -4.18. The van der Waals surface area contributed by atoms with Gasteiger partial charge in [0.25, 0.3) is 10.0 Å². The maximum absolute atomic E-state index is 13.5. The summed E-state index contributed by atoms with van der Waals surface area (Å²) in [6.45, 7) is 4.52. The summed E-state index contributed by atoms with van der Waals surface area (Å²) in [7, 11) is -4.18. The Labute approximate surface area is 209 Å². The molecular formula is C26H27FN2O6S. The van der Waals surface area contributed by atoms with Crippen molar-refractivity contribution in [3.05, 3.63) is 78.1 Å². The average Bonchev–Trinajstić information content (AvgIpc) is 2.88. The minimum absolute atomic E-state index is 0.134. The molecule has 8 nitrogen and oxygen atoms in total. The molecule has 0 radical (unpaired) electrons. The molecule has 0 spiro atoms. The molecule has 1 aliphatic rings. The third-order valence-electron chi connectivity index (χ3n) is 5.57. The van der Waals surface area contributed by atoms with E-state index in [4.69, 9.17) is 14.2 Å². The Morgan fingerprint density at radius 3 is 2.36 bits per heavy atom. The van der Waals surface area contributed by atoms with E-state index in [2.05, 4.69) is 5.32 Å². The Bertz CT molecular complexity index is 1310. The topological polar surface area (TPSA) is 94.2 Å². The number of amides is 1. The van der Waals surface area contributed by atoms with Crippen molar-refractivity contribution in [3.8, 4) is 17.2 Å². The first kappa shape index (κ1) is 25.3. The zero-order valence-electron chi connectivity index (χ0n) is 19.9. The number of anilines is 1. The zero-order chi connectivity index (χ0) is 25.7. The molecule has 4 rings (SSSR count). The van der Waals surface area contributed by atoms with E-state index in [0.29, 0.717) is 37.1 Å². The summed E-state index contributed by atoms with van der Waals surface area (Å²) in [5.74, 6) is 0.715. The molecule has 1 amide bonds. The van der Waals surface area contributed by atoms with Gasteiger partial charge in [-0.2, -0.15) is 0 Å². The number of carbonyl (C=O) groups excluding carboxylic acids is 1. The highest BCUT2D eigenvalue weighted by Gasteiger charge is 2.28. The summed E-state index contributed by atoms with van der Waals surface area (Å²) >= 11 is 0. The summed E-state index contributed by atoms with van der Waals surface area (Å²) in [6, 6.07) is 15.8. The quantitative estimate of drug-likeness (QED) is 0.463. The van der Waals surface area contributed by atoms with Crippen LogP contribution in [-0.2, 0) is 14.8 Å². The van der Waals surface area contributed by atoms with Crippen molar-refractivity contribution in [2.75, 3.05) is 30.7 Å². The Balaban J connectivity index is 1.57. The van der Waals surface area contributed by atoms with Gasteiger partial charge >= 0.3 is 0 Å². The highest BCUT2D eigenvalue weighted by Crippen LogP contribution is 2.32. The molecular weight excluding hydrogens is 487 g/mol. The number of sulfonamides is 1. The number of benzene rings is 3. The largest absolute Gasteiger partial charge is 0.494 e. The predicted octanol–water partition coefficient (Wildman–Crippen LogP) is 4.07. The van der Waals surface area contributed by atoms with E-state index in [0.717, 1.165) is 22.0 Å². The first-order valence-electron chi connectivity index (χ1n) is 11.5. The number of fused-ring (bicyclic) bond motifs is 1. The SMILES string of the molecule is CCOc1ccc(N(CC(=O)NC(C)c2ccc3c(c2)OCCO3)S(=O)(=O)c2ccc(F)cc2)cc1. The maximum atomic E-state index is 13.5. The molecule has 190 valence electrons. The summed E-state index contributed by atoms with van der Waals surface area (Å²) < 4.78 is 57.9. The lowest BCUT2D eigenvalue weighted by Gasteiger charge is -2.25. The van der Waals surface area contributed by atoms with Gasteiger partial charge in [0.1, 0.15) is 31.3 Å². The van der Waals surface area contributed by atoms with Crippen LogP contribution >= 0.6 is 0 Å². The fourth-order valence-electron chi connectivity index (χ4n) is 3.75. The molecule has 1 aliphatic heterocycles. The molecule has 36 heavy (non-hydrogen) atoms. The van der Waals surface area contributed by atoms with E-state index in [1.165, 1.54) is 12.1 Å². The predicted molar refractivity (Wildman–Crippen MR) is 133 cm³/mol. The second kappa shape index (κ2) is 10.9. The van der Waals surface area contributed by atoms with E-state index >= 15 is 0 Å². The van der Waals surface area contributed by atoms with Crippen LogP contribution in [0.2, 0.25) is 0 Å². The first-order chi connectivity index (χ1) is 17.3. The van der Waals surface area contributed by atoms with Crippen LogP contribution in [-0.4, -0.2) is 40.7 Å². The third-order valence-corrected chi connectivity index (χ3v) is 7.36. The molecule has 0 saturated heterocycles. The van der Waals surface area contributed by atoms with Crippen LogP contribution in [0.25, 0.3) is 0 Å². The Morgan fingerprint density at radius 1 is 1.03 bits per heavy atom. The number of carbonyl (C=O) groups is 1. The number of hydrogen-bond donors (Lipinski definition) is 1. The third kappa shape index (κ3) is 5.71. The van der Waals surface area contributed by atoms with Crippen LogP contribution in [0.5, 0.6) is 17.2 Å². The molecule has 1 heterocycles. The Morgan fingerprint density at radius 2 is 1.69 bits per heavy atom. The average molecular weight is 515 g/mol. The van der Waals surface area contributed by atoms with Crippen LogP contribution in [0.3, 0.4) is 0 Å². The second-order valence-corrected chi connectivity index (χ2v) is 9.95. The number of rotatable bonds is 9. The van der Waals surface area contributed by atoms with Crippen LogP contribution in [0, 0.1) is 5.82 Å². The van der Waals surface area contributed by atoms with Crippen LogP contribution < -0.4 is 23.8 Å². The van der Waals surface area contributed by atoms with Crippen molar-refractivity contribution >= 4 is 21.6 Å². The molecule has 0 aromatic heterocycles. The van der Waals surface area contributed by atoms with Crippen molar-refractivity contribution in [1.29, 1.82) is 0 Å². The normalized spacial score (nSPS) is 13.5. The standard InChI is InChI=1S/C26H27FN2O6S/c1-3-33-22-9-7-21(8-10-22)29(36(31,32)23-11-5-20(27)6-12-23)17-26(30)28-18(2)19-4-13-24-25(16-19)35-15-14-34-24/h4-13,16,18H,3,14-15,17H2,1-2H3,(H,28,30). The van der Waals surface area contributed by atoms with E-state index in [1.807, 2.05) is 13.0 Å². The summed E-state index contributed by atoms with van der Waals surface area (Å²) in [5, 5.41) is 2.84. The lowest BCUT2D eigenvalue weighted by molar-refractivity contribution is -0.120. The fourth-order valence-corrected chi connectivity index (χ4v) is 5.18. The molecule has 0 fully saturated rings. The number of halogens is 1. The van der Waals surface area contributed by atoms with Crippen LogP contribution in [0.15, 0.2) is 71.6 Å². The number of nitrogens with zero attached hydrogens (tertiary/aromatic N) is 1. The lowest BCUT2D eigenvalue weighted by Crippen LogP contribution is -2.41. The molecule has 1 unspecified atom stereocenters. The van der Waals surface area contributed by atoms with Gasteiger partial charge in [0, 0.05) is 0 Å². The molecule has 0 bridgehead atoms. The van der Waals surface area contributed by atoms with Crippen molar-refractivity contribution in [1.82, 2.24) is 5.32 Å². The van der Waals surface area contributed by atoms with Gasteiger partial charge in [-0.1, -0.05) is 6.07 Å². The fraction of sp³-hybridized carbons (Fsp3) is 0.269. The van der Waals surface area contributed by atoms with Crippen molar-refractivity contribution in [2.24, 2.45) is 0 Å². The van der Waals surface area contributed by atoms with Gasteiger partial charge < -0.3 is 19.5 Å². The van der Waals surface area contributed by atoms with E-state index in [1.54, 1.807) is 43.3 Å². The second-order valence-electron chi connectivity index (χ2n) is 8.08. The Kier molecular flexibility index (Phi) is 7.64. The first-order valence-corrected chi connectivity index (χ1v) is 12.9. The van der Waals surface area contributed by atoms with Crippen molar-refractivity contribution < 1.29 is 31.8 Å². The van der Waals surface area contributed by atoms with Gasteiger partial charge in [-0.25, -0.2) is 12.8 Å². The highest BCUT2D eigenvalue weighted by atomic mass is 32.2. The monoisotopic (exact) mass is 514 g/mol. The van der Waals surface area contributed by atoms with Crippen LogP contribution in [0.1, 0.15) is 25.5 Å². The number of ether oxygens (including phenoxy) is 3. The molecule has 3 aromatic rings. The Hall–Kier alpha value is -3.79. The molecule has 1 atom stereocenters. The number of hydrogen-bond acceptors (Lipinski definition) is 6. The highest BCUT2D eigenvalue weighted by molar-refractivity contribution is 7.92. The van der Waals surface area contributed by atoms with Gasteiger partial charge in [-0.3, -0.25) is 9.10 Å². The van der Waals surface area contributed by atoms with Gasteiger partial charge in [-0.15, -0.1) is 0 Å². The van der Waals surface area contributed by atoms with E-state index < -0.39 is 34.3 Å². The molecule has 3 aromatic carbocycles. The summed E-state index contributed by atoms with van der Waals surface area (Å²) in [6.07, 6.45) is 0. The zero-order valence-corrected chi connectivity index (χ0v) is 20.8. The minimum Gasteiger partial charge on any atom is -0.494 e. The molecule has 0 saturated carbocycles. The molecule has 10 heteroatoms. The van der Waals surface area contributed by atoms with Gasteiger partial charge in [0.05, 0.1) is 23.2 Å². The van der Waals surface area contributed by atoms with Gasteiger partial charge in [0.2, 0.25) is 5.91 Å². The van der Waals surface area contributed by atoms with Crippen molar-refractivity contribution in [3.63, 3.8) is 0 Å². The van der Waals surface area contributed by atoms with E-state index in [9.17, 15) is 17.6 Å². The summed E-state index contributed by atoms with van der Waals surface area (Å²) in [4.78, 5) is 12.9. The van der Waals surface area contributed by atoms with E-state index in [-0.39, 0.29) is 10.6 Å². The lowest BCUT2D eigenvalue weighted by atomic mass is 10.1. The van der Waals surface area contributed by atoms with Crippen LogP contribution in [0.4, 0.5) is 10.1 Å². The van der Waals surface area contributed by atoms with Gasteiger partial charge in [0.15, 0.2) is 11.5 Å². The maximum Gasteiger partial charge on any atom is 0.264 e. The van der Waals surface area contributed by atoms with Crippen molar-refractivity contribution in [2.45, 2.75) is 24.8 Å². The molecule has 1 N–H and O–H groups in total.